The van der Waals surface area contributed by atoms with E-state index in [4.69, 9.17) is 14.2 Å². The second kappa shape index (κ2) is 9.43. The van der Waals surface area contributed by atoms with E-state index in [1.54, 1.807) is 16.9 Å². The van der Waals surface area contributed by atoms with E-state index in [9.17, 15) is 9.59 Å². The van der Waals surface area contributed by atoms with Crippen molar-refractivity contribution < 1.29 is 23.8 Å². The molecule has 2 aliphatic rings. The summed E-state index contributed by atoms with van der Waals surface area (Å²) in [5.41, 5.74) is 4.56. The third-order valence-corrected chi connectivity index (χ3v) is 5.90. The van der Waals surface area contributed by atoms with Crippen LogP contribution in [0.25, 0.3) is 11.1 Å². The van der Waals surface area contributed by atoms with E-state index in [1.165, 1.54) is 0 Å². The molecule has 0 aliphatic carbocycles. The molecule has 0 fully saturated rings. The lowest BCUT2D eigenvalue weighted by molar-refractivity contribution is -0.121. The normalized spacial score (nSPS) is 15.9. The smallest absolute Gasteiger partial charge is 0.410 e. The van der Waals surface area contributed by atoms with Gasteiger partial charge in [-0.3, -0.25) is 4.79 Å². The molecule has 0 bridgehead atoms. The van der Waals surface area contributed by atoms with Crippen molar-refractivity contribution in [1.29, 1.82) is 0 Å². The molecule has 0 N–H and O–H groups in total. The number of benzene rings is 2. The zero-order valence-electron chi connectivity index (χ0n) is 19.8. The Bertz CT molecular complexity index is 1030. The van der Waals surface area contributed by atoms with Gasteiger partial charge in [-0.15, -0.1) is 0 Å². The first-order valence-corrected chi connectivity index (χ1v) is 11.4. The standard InChI is InChI=1S/C26H32N2O5/c1-26(2,3)33-25(30)27-12-10-19-16-21-24(28(14-15-31-4)22(29)17-32-21)23(20(19)11-13-27)18-8-6-5-7-9-18/h5-9,16H,10-15,17H2,1-4H3. The summed E-state index contributed by atoms with van der Waals surface area (Å²) >= 11 is 0. The molecular formula is C26H32N2O5. The molecule has 0 atom stereocenters. The highest BCUT2D eigenvalue weighted by molar-refractivity contribution is 6.03. The maximum Gasteiger partial charge on any atom is 0.410 e. The molecule has 2 aliphatic heterocycles. The molecule has 0 saturated carbocycles. The number of anilines is 1. The lowest BCUT2D eigenvalue weighted by Gasteiger charge is -2.33. The zero-order valence-corrected chi connectivity index (χ0v) is 19.8. The van der Waals surface area contributed by atoms with Crippen LogP contribution in [0.1, 0.15) is 31.9 Å². The Hall–Kier alpha value is -3.06. The zero-order chi connectivity index (χ0) is 23.6. The van der Waals surface area contributed by atoms with Crippen molar-refractivity contribution in [2.45, 2.75) is 39.2 Å². The van der Waals surface area contributed by atoms with Gasteiger partial charge in [0.05, 0.1) is 12.3 Å². The molecule has 0 saturated heterocycles. The second-order valence-corrected chi connectivity index (χ2v) is 9.40. The van der Waals surface area contributed by atoms with Gasteiger partial charge in [-0.25, -0.2) is 4.79 Å². The summed E-state index contributed by atoms with van der Waals surface area (Å²) in [6.07, 6.45) is 1.06. The third kappa shape index (κ3) is 4.98. The Morgan fingerprint density at radius 3 is 2.55 bits per heavy atom. The van der Waals surface area contributed by atoms with Crippen LogP contribution in [0.5, 0.6) is 5.75 Å². The van der Waals surface area contributed by atoms with Crippen molar-refractivity contribution >= 4 is 17.7 Å². The molecule has 0 spiro atoms. The van der Waals surface area contributed by atoms with E-state index in [0.717, 1.165) is 27.9 Å². The molecule has 2 aromatic carbocycles. The van der Waals surface area contributed by atoms with Gasteiger partial charge >= 0.3 is 6.09 Å². The Morgan fingerprint density at radius 2 is 1.85 bits per heavy atom. The monoisotopic (exact) mass is 452 g/mol. The van der Waals surface area contributed by atoms with Crippen LogP contribution < -0.4 is 9.64 Å². The molecule has 0 radical (unpaired) electrons. The number of carbonyl (C=O) groups is 2. The van der Waals surface area contributed by atoms with Gasteiger partial charge in [0.1, 0.15) is 11.4 Å². The van der Waals surface area contributed by atoms with Crippen molar-refractivity contribution in [1.82, 2.24) is 4.90 Å². The van der Waals surface area contributed by atoms with Crippen LogP contribution in [-0.4, -0.2) is 62.5 Å². The Morgan fingerprint density at radius 1 is 1.12 bits per heavy atom. The van der Waals surface area contributed by atoms with Crippen molar-refractivity contribution in [2.24, 2.45) is 0 Å². The number of rotatable bonds is 4. The topological polar surface area (TPSA) is 68.3 Å². The number of hydrogen-bond donors (Lipinski definition) is 0. The Kier molecular flexibility index (Phi) is 6.61. The van der Waals surface area contributed by atoms with Crippen molar-refractivity contribution in [3.8, 4) is 16.9 Å². The summed E-state index contributed by atoms with van der Waals surface area (Å²) in [6, 6.07) is 12.1. The molecule has 7 nitrogen and oxygen atoms in total. The largest absolute Gasteiger partial charge is 0.482 e. The molecule has 2 amide bonds. The summed E-state index contributed by atoms with van der Waals surface area (Å²) in [5.74, 6) is 0.620. The van der Waals surface area contributed by atoms with Crippen LogP contribution in [0, 0.1) is 0 Å². The van der Waals surface area contributed by atoms with Crippen LogP contribution in [0.15, 0.2) is 36.4 Å². The molecule has 2 aromatic rings. The highest BCUT2D eigenvalue weighted by Gasteiger charge is 2.33. The van der Waals surface area contributed by atoms with E-state index in [1.807, 2.05) is 45.0 Å². The van der Waals surface area contributed by atoms with Gasteiger partial charge in [-0.1, -0.05) is 30.3 Å². The number of hydrogen-bond acceptors (Lipinski definition) is 5. The van der Waals surface area contributed by atoms with E-state index < -0.39 is 5.60 Å². The fourth-order valence-corrected chi connectivity index (χ4v) is 4.43. The predicted molar refractivity (Wildman–Crippen MR) is 127 cm³/mol. The second-order valence-electron chi connectivity index (χ2n) is 9.40. The molecule has 176 valence electrons. The molecule has 0 aromatic heterocycles. The van der Waals surface area contributed by atoms with Crippen molar-refractivity contribution in [3.05, 3.63) is 47.5 Å². The van der Waals surface area contributed by atoms with Crippen LogP contribution in [0.3, 0.4) is 0 Å². The first-order chi connectivity index (χ1) is 15.8. The minimum atomic E-state index is -0.541. The van der Waals surface area contributed by atoms with Crippen molar-refractivity contribution in [2.75, 3.05) is 44.9 Å². The van der Waals surface area contributed by atoms with Gasteiger partial charge in [-0.05, 0) is 56.4 Å². The van der Waals surface area contributed by atoms with E-state index >= 15 is 0 Å². The number of nitrogens with zero attached hydrogens (tertiary/aromatic N) is 2. The summed E-state index contributed by atoms with van der Waals surface area (Å²) in [6.45, 7) is 7.64. The van der Waals surface area contributed by atoms with Crippen LogP contribution in [0.4, 0.5) is 10.5 Å². The van der Waals surface area contributed by atoms with E-state index in [0.29, 0.717) is 44.8 Å². The van der Waals surface area contributed by atoms with Crippen LogP contribution in [-0.2, 0) is 27.1 Å². The Labute approximate surface area is 195 Å². The van der Waals surface area contributed by atoms with Gasteiger partial charge in [0.25, 0.3) is 5.91 Å². The predicted octanol–water partition coefficient (Wildman–Crippen LogP) is 4.06. The molecule has 4 rings (SSSR count). The van der Waals surface area contributed by atoms with Crippen LogP contribution >= 0.6 is 0 Å². The quantitative estimate of drug-likeness (QED) is 0.700. The fraction of sp³-hybridized carbons (Fsp3) is 0.462. The van der Waals surface area contributed by atoms with Gasteiger partial charge in [0.2, 0.25) is 0 Å². The minimum absolute atomic E-state index is 0.00770. The minimum Gasteiger partial charge on any atom is -0.482 e. The maximum atomic E-state index is 12.8. The SMILES string of the molecule is COCCN1C(=O)COc2cc3c(c(-c4ccccc4)c21)CCN(C(=O)OC(C)(C)C)CC3. The fourth-order valence-electron chi connectivity index (χ4n) is 4.43. The highest BCUT2D eigenvalue weighted by atomic mass is 16.6. The highest BCUT2D eigenvalue weighted by Crippen LogP contribution is 2.46. The van der Waals surface area contributed by atoms with E-state index in [-0.39, 0.29) is 18.6 Å². The number of methoxy groups -OCH3 is 1. The maximum absolute atomic E-state index is 12.8. The first-order valence-electron chi connectivity index (χ1n) is 11.4. The molecule has 7 heteroatoms. The molecule has 33 heavy (non-hydrogen) atoms. The van der Waals surface area contributed by atoms with Crippen LogP contribution in [0.2, 0.25) is 0 Å². The number of carbonyl (C=O) groups excluding carboxylic acids is 2. The lowest BCUT2D eigenvalue weighted by Crippen LogP contribution is -2.41. The average molecular weight is 453 g/mol. The molecular weight excluding hydrogens is 420 g/mol. The summed E-state index contributed by atoms with van der Waals surface area (Å²) in [5, 5.41) is 0. The lowest BCUT2D eigenvalue weighted by atomic mass is 9.89. The number of ether oxygens (including phenoxy) is 3. The molecule has 0 unspecified atom stereocenters. The molecule has 2 heterocycles. The van der Waals surface area contributed by atoms with Gasteiger partial charge < -0.3 is 24.0 Å². The number of amides is 2. The number of fused-ring (bicyclic) bond motifs is 2. The van der Waals surface area contributed by atoms with Gasteiger partial charge in [-0.2, -0.15) is 0 Å². The third-order valence-electron chi connectivity index (χ3n) is 5.90. The van der Waals surface area contributed by atoms with Gasteiger partial charge in [0.15, 0.2) is 6.61 Å². The first kappa shape index (κ1) is 23.1. The summed E-state index contributed by atoms with van der Waals surface area (Å²) in [7, 11) is 1.63. The Balaban J connectivity index is 1.78. The van der Waals surface area contributed by atoms with E-state index in [2.05, 4.69) is 12.1 Å². The summed E-state index contributed by atoms with van der Waals surface area (Å²) in [4.78, 5) is 29.1. The average Bonchev–Trinajstić information content (AvgIpc) is 2.99. The summed E-state index contributed by atoms with van der Waals surface area (Å²) < 4.78 is 16.8. The van der Waals surface area contributed by atoms with Gasteiger partial charge in [0, 0.05) is 32.3 Å². The van der Waals surface area contributed by atoms with Crippen molar-refractivity contribution in [3.63, 3.8) is 0 Å².